The summed E-state index contributed by atoms with van der Waals surface area (Å²) in [5.74, 6) is -0.0848. The van der Waals surface area contributed by atoms with Gasteiger partial charge in [-0.1, -0.05) is 29.8 Å². The van der Waals surface area contributed by atoms with Crippen LogP contribution in [-0.4, -0.2) is 66.0 Å². The average Bonchev–Trinajstić information content (AvgIpc) is 3.01. The van der Waals surface area contributed by atoms with Gasteiger partial charge in [0.05, 0.1) is 20.1 Å². The summed E-state index contributed by atoms with van der Waals surface area (Å²) in [6, 6.07) is 10.6. The Morgan fingerprint density at radius 3 is 2.37 bits per heavy atom. The molecule has 1 aromatic carbocycles. The predicted molar refractivity (Wildman–Crippen MR) is 118 cm³/mol. The maximum Gasteiger partial charge on any atom is 0.307 e. The van der Waals surface area contributed by atoms with E-state index < -0.39 is 0 Å². The average molecular weight is 412 g/mol. The number of ketones is 1. The molecule has 0 N–H and O–H groups in total. The topological polar surface area (TPSA) is 54.8 Å². The minimum Gasteiger partial charge on any atom is -0.469 e. The number of methoxy groups -OCH3 is 1. The molecule has 6 heteroatoms. The van der Waals surface area contributed by atoms with Gasteiger partial charge < -0.3 is 9.30 Å². The third kappa shape index (κ3) is 5.58. The molecule has 2 aromatic rings. The van der Waals surface area contributed by atoms with E-state index in [1.54, 1.807) is 0 Å². The second-order valence-electron chi connectivity index (χ2n) is 8.23. The van der Waals surface area contributed by atoms with Crippen LogP contribution in [0.3, 0.4) is 0 Å². The molecular weight excluding hydrogens is 378 g/mol. The van der Waals surface area contributed by atoms with Crippen molar-refractivity contribution in [1.29, 1.82) is 0 Å². The molecule has 0 bridgehead atoms. The Labute approximate surface area is 179 Å². The Kier molecular flexibility index (Phi) is 7.45. The summed E-state index contributed by atoms with van der Waals surface area (Å²) in [5.41, 5.74) is 5.33. The Morgan fingerprint density at radius 2 is 1.70 bits per heavy atom. The molecule has 0 atom stereocenters. The van der Waals surface area contributed by atoms with Crippen LogP contribution in [-0.2, 0) is 22.6 Å². The van der Waals surface area contributed by atoms with Gasteiger partial charge in [0, 0.05) is 56.2 Å². The second-order valence-corrected chi connectivity index (χ2v) is 8.23. The summed E-state index contributed by atoms with van der Waals surface area (Å²) in [6.07, 6.45) is 0.309. The van der Waals surface area contributed by atoms with Gasteiger partial charge in [-0.05, 0) is 32.4 Å². The Bertz CT molecular complexity index is 895. The molecule has 1 saturated heterocycles. The minimum absolute atomic E-state index is 0.152. The van der Waals surface area contributed by atoms with E-state index in [1.807, 2.05) is 24.5 Å². The maximum absolute atomic E-state index is 12.9. The zero-order valence-corrected chi connectivity index (χ0v) is 18.6. The first-order valence-electron chi connectivity index (χ1n) is 10.6. The monoisotopic (exact) mass is 411 g/mol. The van der Waals surface area contributed by atoms with Crippen LogP contribution in [0.15, 0.2) is 30.3 Å². The van der Waals surface area contributed by atoms with Crippen LogP contribution in [0.5, 0.6) is 0 Å². The predicted octanol–water partition coefficient (Wildman–Crippen LogP) is 2.98. The fourth-order valence-electron chi connectivity index (χ4n) is 4.20. The first kappa shape index (κ1) is 22.2. The van der Waals surface area contributed by atoms with E-state index in [0.717, 1.165) is 49.7 Å². The van der Waals surface area contributed by atoms with Crippen molar-refractivity contribution in [1.82, 2.24) is 14.4 Å². The molecule has 3 rings (SSSR count). The molecule has 30 heavy (non-hydrogen) atoms. The number of ether oxygens (including phenoxy) is 1. The smallest absolute Gasteiger partial charge is 0.307 e. The molecule has 0 aliphatic carbocycles. The van der Waals surface area contributed by atoms with E-state index in [9.17, 15) is 9.59 Å². The van der Waals surface area contributed by atoms with E-state index in [-0.39, 0.29) is 11.8 Å². The third-order valence-electron chi connectivity index (χ3n) is 5.96. The van der Waals surface area contributed by atoms with Crippen LogP contribution in [0.25, 0.3) is 0 Å². The summed E-state index contributed by atoms with van der Waals surface area (Å²) in [5, 5.41) is 0. The van der Waals surface area contributed by atoms with Gasteiger partial charge >= 0.3 is 5.97 Å². The standard InChI is InChI=1S/C24H33N3O3/c1-18-6-5-7-21(14-18)16-25-10-12-26(13-11-25)17-23(28)22-15-19(2)27(20(22)3)9-8-24(29)30-4/h5-7,14-15H,8-13,16-17H2,1-4H3. The van der Waals surface area contributed by atoms with Gasteiger partial charge in [-0.3, -0.25) is 19.4 Å². The highest BCUT2D eigenvalue weighted by Gasteiger charge is 2.22. The van der Waals surface area contributed by atoms with Crippen LogP contribution < -0.4 is 0 Å². The lowest BCUT2D eigenvalue weighted by Gasteiger charge is -2.34. The highest BCUT2D eigenvalue weighted by Crippen LogP contribution is 2.18. The Balaban J connectivity index is 1.53. The number of Topliss-reactive ketones (excluding diaryl/α,β-unsaturated/α-hetero) is 1. The van der Waals surface area contributed by atoms with Gasteiger partial charge in [-0.25, -0.2) is 0 Å². The van der Waals surface area contributed by atoms with Crippen molar-refractivity contribution >= 4 is 11.8 Å². The molecule has 0 radical (unpaired) electrons. The van der Waals surface area contributed by atoms with E-state index in [1.165, 1.54) is 18.2 Å². The lowest BCUT2D eigenvalue weighted by atomic mass is 10.1. The number of aryl methyl sites for hydroxylation is 2. The van der Waals surface area contributed by atoms with Crippen molar-refractivity contribution in [3.8, 4) is 0 Å². The normalized spacial score (nSPS) is 15.3. The number of hydrogen-bond donors (Lipinski definition) is 0. The highest BCUT2D eigenvalue weighted by atomic mass is 16.5. The van der Waals surface area contributed by atoms with E-state index >= 15 is 0 Å². The Hall–Kier alpha value is -2.44. The molecule has 1 fully saturated rings. The van der Waals surface area contributed by atoms with Crippen molar-refractivity contribution in [3.05, 3.63) is 58.4 Å². The van der Waals surface area contributed by atoms with Crippen molar-refractivity contribution in [2.45, 2.75) is 40.3 Å². The number of esters is 1. The molecule has 1 aliphatic heterocycles. The van der Waals surface area contributed by atoms with Gasteiger partial charge in [0.15, 0.2) is 5.78 Å². The number of carbonyl (C=O) groups excluding carboxylic acids is 2. The number of benzene rings is 1. The molecule has 6 nitrogen and oxygen atoms in total. The van der Waals surface area contributed by atoms with Crippen LogP contribution in [0.1, 0.15) is 39.3 Å². The maximum atomic E-state index is 12.9. The molecule has 0 unspecified atom stereocenters. The molecule has 0 amide bonds. The first-order chi connectivity index (χ1) is 14.4. The summed E-state index contributed by atoms with van der Waals surface area (Å²) in [6.45, 7) is 11.7. The SMILES string of the molecule is COC(=O)CCn1c(C)cc(C(=O)CN2CCN(Cc3cccc(C)c3)CC2)c1C. The second kappa shape index (κ2) is 10.0. The van der Waals surface area contributed by atoms with Crippen molar-refractivity contribution < 1.29 is 14.3 Å². The molecule has 0 saturated carbocycles. The largest absolute Gasteiger partial charge is 0.469 e. The number of aromatic nitrogens is 1. The molecule has 1 aliphatic rings. The fraction of sp³-hybridized carbons (Fsp3) is 0.500. The van der Waals surface area contributed by atoms with Gasteiger partial charge in [0.1, 0.15) is 0 Å². The number of hydrogen-bond acceptors (Lipinski definition) is 5. The number of nitrogens with zero attached hydrogens (tertiary/aromatic N) is 3. The molecule has 1 aromatic heterocycles. The quantitative estimate of drug-likeness (QED) is 0.494. The van der Waals surface area contributed by atoms with E-state index in [2.05, 4.69) is 41.0 Å². The van der Waals surface area contributed by atoms with E-state index in [0.29, 0.717) is 19.5 Å². The molecular formula is C24H33N3O3. The third-order valence-corrected chi connectivity index (χ3v) is 5.96. The zero-order chi connectivity index (χ0) is 21.7. The summed E-state index contributed by atoms with van der Waals surface area (Å²) in [7, 11) is 1.40. The van der Waals surface area contributed by atoms with Crippen molar-refractivity contribution in [3.63, 3.8) is 0 Å². The fourth-order valence-corrected chi connectivity index (χ4v) is 4.20. The van der Waals surface area contributed by atoms with E-state index in [4.69, 9.17) is 4.74 Å². The van der Waals surface area contributed by atoms with Gasteiger partial charge in [-0.15, -0.1) is 0 Å². The summed E-state index contributed by atoms with van der Waals surface area (Å²) >= 11 is 0. The van der Waals surface area contributed by atoms with Crippen LogP contribution in [0.2, 0.25) is 0 Å². The number of rotatable bonds is 8. The zero-order valence-electron chi connectivity index (χ0n) is 18.6. The van der Waals surface area contributed by atoms with Crippen molar-refractivity contribution in [2.24, 2.45) is 0 Å². The van der Waals surface area contributed by atoms with Crippen LogP contribution in [0, 0.1) is 20.8 Å². The minimum atomic E-state index is -0.237. The number of piperazine rings is 1. The summed E-state index contributed by atoms with van der Waals surface area (Å²) in [4.78, 5) is 29.1. The lowest BCUT2D eigenvalue weighted by Crippen LogP contribution is -2.47. The summed E-state index contributed by atoms with van der Waals surface area (Å²) < 4.78 is 6.76. The highest BCUT2D eigenvalue weighted by molar-refractivity contribution is 5.99. The van der Waals surface area contributed by atoms with Crippen molar-refractivity contribution in [2.75, 3.05) is 39.8 Å². The Morgan fingerprint density at radius 1 is 1.00 bits per heavy atom. The van der Waals surface area contributed by atoms with Gasteiger partial charge in [0.25, 0.3) is 0 Å². The van der Waals surface area contributed by atoms with Gasteiger partial charge in [-0.2, -0.15) is 0 Å². The van der Waals surface area contributed by atoms with Crippen LogP contribution in [0.4, 0.5) is 0 Å². The molecule has 2 heterocycles. The lowest BCUT2D eigenvalue weighted by molar-refractivity contribution is -0.140. The first-order valence-corrected chi connectivity index (χ1v) is 10.6. The van der Waals surface area contributed by atoms with Crippen LogP contribution >= 0.6 is 0 Å². The van der Waals surface area contributed by atoms with Gasteiger partial charge in [0.2, 0.25) is 0 Å². The number of carbonyl (C=O) groups is 2. The molecule has 0 spiro atoms. The molecule has 162 valence electrons.